The highest BCUT2D eigenvalue weighted by atomic mass is 32.2. The molecule has 0 aliphatic heterocycles. The Bertz CT molecular complexity index is 1010. The summed E-state index contributed by atoms with van der Waals surface area (Å²) in [4.78, 5) is 0.140. The Kier molecular flexibility index (Phi) is 4.26. The van der Waals surface area contributed by atoms with Gasteiger partial charge in [0.05, 0.1) is 4.90 Å². The lowest BCUT2D eigenvalue weighted by atomic mass is 9.93. The maximum absolute atomic E-state index is 12.0. The molecule has 0 aliphatic rings. The fraction of sp³-hybridized carbons (Fsp3) is 0.100. The van der Waals surface area contributed by atoms with Gasteiger partial charge in [-0.1, -0.05) is 60.7 Å². The van der Waals surface area contributed by atoms with Crippen LogP contribution in [0.4, 0.5) is 0 Å². The van der Waals surface area contributed by atoms with Gasteiger partial charge in [-0.2, -0.15) is 0 Å². The summed E-state index contributed by atoms with van der Waals surface area (Å²) in [5, 5.41) is 5.40. The third-order valence-corrected chi connectivity index (χ3v) is 5.20. The van der Waals surface area contributed by atoms with Crippen molar-refractivity contribution < 1.29 is 8.42 Å². The molecule has 3 nitrogen and oxygen atoms in total. The van der Waals surface area contributed by atoms with Gasteiger partial charge in [0.15, 0.2) is 0 Å². The molecule has 0 amide bonds. The first-order valence-electron chi connectivity index (χ1n) is 7.67. The van der Waals surface area contributed by atoms with E-state index in [0.717, 1.165) is 16.7 Å². The molecule has 24 heavy (non-hydrogen) atoms. The van der Waals surface area contributed by atoms with Crippen LogP contribution in [0.1, 0.15) is 11.1 Å². The minimum absolute atomic E-state index is 0.140. The second kappa shape index (κ2) is 6.23. The lowest BCUT2D eigenvalue weighted by Crippen LogP contribution is -2.13. The van der Waals surface area contributed by atoms with Gasteiger partial charge in [0, 0.05) is 5.56 Å². The van der Waals surface area contributed by atoms with Gasteiger partial charge in [0.2, 0.25) is 10.0 Å². The Morgan fingerprint density at radius 3 is 1.92 bits per heavy atom. The fourth-order valence-electron chi connectivity index (χ4n) is 2.82. The predicted octanol–water partition coefficient (Wildman–Crippen LogP) is 4.28. The number of hydrogen-bond acceptors (Lipinski definition) is 2. The predicted molar refractivity (Wildman–Crippen MR) is 98.2 cm³/mol. The van der Waals surface area contributed by atoms with Crippen LogP contribution in [0.2, 0.25) is 0 Å². The van der Waals surface area contributed by atoms with Gasteiger partial charge in [0.1, 0.15) is 0 Å². The van der Waals surface area contributed by atoms with Crippen molar-refractivity contribution in [1.82, 2.24) is 0 Å². The third kappa shape index (κ3) is 3.11. The molecule has 0 unspecified atom stereocenters. The molecule has 0 radical (unpaired) electrons. The fourth-order valence-corrected chi connectivity index (χ4v) is 3.57. The molecule has 0 atom stereocenters. The van der Waals surface area contributed by atoms with E-state index in [2.05, 4.69) is 32.0 Å². The van der Waals surface area contributed by atoms with Crippen molar-refractivity contribution in [3.05, 3.63) is 77.9 Å². The summed E-state index contributed by atoms with van der Waals surface area (Å²) in [5.74, 6) is 0. The summed E-state index contributed by atoms with van der Waals surface area (Å²) in [6, 6.07) is 20.9. The number of nitrogens with two attached hydrogens (primary N) is 1. The number of aryl methyl sites for hydroxylation is 2. The molecule has 0 spiro atoms. The lowest BCUT2D eigenvalue weighted by molar-refractivity contribution is 0.598. The molecular weight excluding hydrogens is 318 g/mol. The van der Waals surface area contributed by atoms with Crippen molar-refractivity contribution in [1.29, 1.82) is 0 Å². The van der Waals surface area contributed by atoms with Gasteiger partial charge >= 0.3 is 0 Å². The van der Waals surface area contributed by atoms with Crippen molar-refractivity contribution in [2.75, 3.05) is 0 Å². The minimum atomic E-state index is -3.80. The van der Waals surface area contributed by atoms with Gasteiger partial charge in [-0.3, -0.25) is 0 Å². The summed E-state index contributed by atoms with van der Waals surface area (Å²) in [5.41, 5.74) is 5.93. The molecule has 0 saturated heterocycles. The zero-order valence-corrected chi connectivity index (χ0v) is 14.5. The molecule has 3 aromatic rings. The van der Waals surface area contributed by atoms with E-state index >= 15 is 0 Å². The smallest absolute Gasteiger partial charge is 0.225 e. The highest BCUT2D eigenvalue weighted by molar-refractivity contribution is 7.89. The molecular formula is C20H19NO2S. The Labute approximate surface area is 142 Å². The van der Waals surface area contributed by atoms with Crippen LogP contribution in [-0.4, -0.2) is 8.42 Å². The Hall–Kier alpha value is -2.43. The summed E-state index contributed by atoms with van der Waals surface area (Å²) < 4.78 is 23.9. The van der Waals surface area contributed by atoms with Crippen molar-refractivity contribution in [2.45, 2.75) is 18.7 Å². The Morgan fingerprint density at radius 2 is 1.29 bits per heavy atom. The number of hydrogen-bond donors (Lipinski definition) is 1. The summed E-state index contributed by atoms with van der Waals surface area (Å²) in [6.45, 7) is 4.14. The van der Waals surface area contributed by atoms with Gasteiger partial charge in [-0.15, -0.1) is 0 Å². The van der Waals surface area contributed by atoms with Crippen molar-refractivity contribution in [3.8, 4) is 22.3 Å². The summed E-state index contributed by atoms with van der Waals surface area (Å²) >= 11 is 0. The Morgan fingerprint density at radius 1 is 0.708 bits per heavy atom. The average molecular weight is 337 g/mol. The maximum atomic E-state index is 12.0. The standard InChI is InChI=1S/C20H19NO2S/c1-14-11-12-16(13-15(14)2)17-7-3-4-8-18(17)19-9-5-6-10-20(19)24(21,22)23/h3-13H,1-2H3,(H2,21,22,23). The number of benzene rings is 3. The van der Waals surface area contributed by atoms with Gasteiger partial charge in [-0.05, 0) is 47.7 Å². The monoisotopic (exact) mass is 337 g/mol. The molecule has 0 aliphatic carbocycles. The molecule has 0 aromatic heterocycles. The van der Waals surface area contributed by atoms with Crippen molar-refractivity contribution >= 4 is 10.0 Å². The first-order valence-corrected chi connectivity index (χ1v) is 9.21. The van der Waals surface area contributed by atoms with E-state index in [1.54, 1.807) is 18.2 Å². The van der Waals surface area contributed by atoms with Crippen LogP contribution in [0.25, 0.3) is 22.3 Å². The average Bonchev–Trinajstić information content (AvgIpc) is 2.57. The van der Waals surface area contributed by atoms with E-state index in [1.807, 2.05) is 30.3 Å². The maximum Gasteiger partial charge on any atom is 0.238 e. The molecule has 2 N–H and O–H groups in total. The van der Waals surface area contributed by atoms with Crippen molar-refractivity contribution in [3.63, 3.8) is 0 Å². The zero-order chi connectivity index (χ0) is 17.3. The summed E-state index contributed by atoms with van der Waals surface area (Å²) in [7, 11) is -3.80. The minimum Gasteiger partial charge on any atom is -0.225 e. The molecule has 0 bridgehead atoms. The second-order valence-electron chi connectivity index (χ2n) is 5.89. The number of rotatable bonds is 3. The van der Waals surface area contributed by atoms with E-state index in [-0.39, 0.29) is 4.90 Å². The lowest BCUT2D eigenvalue weighted by Gasteiger charge is -2.14. The zero-order valence-electron chi connectivity index (χ0n) is 13.7. The Balaban J connectivity index is 2.27. The molecule has 3 aromatic carbocycles. The topological polar surface area (TPSA) is 60.2 Å². The van der Waals surface area contributed by atoms with Crippen LogP contribution in [-0.2, 0) is 10.0 Å². The first kappa shape index (κ1) is 16.4. The number of sulfonamides is 1. The van der Waals surface area contributed by atoms with E-state index in [1.165, 1.54) is 11.1 Å². The van der Waals surface area contributed by atoms with E-state index < -0.39 is 10.0 Å². The molecule has 0 saturated carbocycles. The quantitative estimate of drug-likeness (QED) is 0.775. The van der Waals surface area contributed by atoms with Gasteiger partial charge in [0.25, 0.3) is 0 Å². The van der Waals surface area contributed by atoms with Crippen LogP contribution in [0.3, 0.4) is 0 Å². The van der Waals surface area contributed by atoms with Crippen LogP contribution in [0.15, 0.2) is 71.6 Å². The number of primary sulfonamides is 1. The van der Waals surface area contributed by atoms with Gasteiger partial charge < -0.3 is 0 Å². The largest absolute Gasteiger partial charge is 0.238 e. The van der Waals surface area contributed by atoms with E-state index in [9.17, 15) is 8.42 Å². The van der Waals surface area contributed by atoms with Crippen molar-refractivity contribution in [2.24, 2.45) is 5.14 Å². The molecule has 0 heterocycles. The molecule has 3 rings (SSSR count). The molecule has 4 heteroatoms. The normalized spacial score (nSPS) is 11.5. The van der Waals surface area contributed by atoms with Crippen LogP contribution in [0, 0.1) is 13.8 Å². The van der Waals surface area contributed by atoms with Crippen LogP contribution >= 0.6 is 0 Å². The molecule has 122 valence electrons. The van der Waals surface area contributed by atoms with E-state index in [4.69, 9.17) is 5.14 Å². The van der Waals surface area contributed by atoms with E-state index in [0.29, 0.717) is 5.56 Å². The van der Waals surface area contributed by atoms with Gasteiger partial charge in [-0.25, -0.2) is 13.6 Å². The third-order valence-electron chi connectivity index (χ3n) is 4.23. The highest BCUT2D eigenvalue weighted by Crippen LogP contribution is 2.35. The highest BCUT2D eigenvalue weighted by Gasteiger charge is 2.17. The SMILES string of the molecule is Cc1ccc(-c2ccccc2-c2ccccc2S(N)(=O)=O)cc1C. The van der Waals surface area contributed by atoms with Crippen LogP contribution < -0.4 is 5.14 Å². The first-order chi connectivity index (χ1) is 11.4. The molecule has 0 fully saturated rings. The van der Waals surface area contributed by atoms with Crippen LogP contribution in [0.5, 0.6) is 0 Å². The second-order valence-corrected chi connectivity index (χ2v) is 7.42. The summed E-state index contributed by atoms with van der Waals surface area (Å²) in [6.07, 6.45) is 0.